The summed E-state index contributed by atoms with van der Waals surface area (Å²) in [6.07, 6.45) is 17.0. The van der Waals surface area contributed by atoms with Gasteiger partial charge in [-0.2, -0.15) is 0 Å². The lowest BCUT2D eigenvalue weighted by Gasteiger charge is -2.55. The minimum atomic E-state index is -0.849. The average Bonchev–Trinajstić information content (AvgIpc) is 3.78. The summed E-state index contributed by atoms with van der Waals surface area (Å²) in [5.74, 6) is 3.82. The Morgan fingerprint density at radius 3 is 2.30 bits per heavy atom. The highest BCUT2D eigenvalue weighted by Gasteiger charge is 2.50. The van der Waals surface area contributed by atoms with Gasteiger partial charge in [-0.05, 0) is 130 Å². The molecule has 3 amide bonds. The van der Waals surface area contributed by atoms with Gasteiger partial charge in [0.1, 0.15) is 17.8 Å². The molecule has 2 aliphatic carbocycles. The van der Waals surface area contributed by atoms with Gasteiger partial charge in [0.15, 0.2) is 5.82 Å². The van der Waals surface area contributed by atoms with Gasteiger partial charge in [-0.1, -0.05) is 51.0 Å². The Hall–Kier alpha value is -6.31. The number of phenolic OH excluding ortho intramolecular Hbond substituents is 1. The summed E-state index contributed by atoms with van der Waals surface area (Å²) in [6.45, 7) is 13.0. The van der Waals surface area contributed by atoms with E-state index in [1.54, 1.807) is 12.1 Å². The highest BCUT2D eigenvalue weighted by atomic mass is 16.3. The number of aromatic hydroxyl groups is 1. The Bertz CT molecular complexity index is 2630. The standard InChI is InChI=1S/C55H69N11O5/c1-6-35-11-13-36(14-12-35)34(2)59-51(70)46-25-42(67)33-66(46)52(71)48(54(3,4)5)60-50(69)38-15-19-55(20-16-38)27-40(28-55)63-21-17-37(18-22-63)39-29-57-53(58-30-39)64-23-24-65-41(32-64)31-56-49-45(65)26-44(61-62-49)43-9-7-8-10-47(43)68/h1,7-14,26,29-30,34,37-38,40-42,46,48,67-68H,15-25,27-28,31-33H2,2-5H3,(H,56,62)(H,59,70)(H,60,69)/t34-,38-,40-,41-,42+,46-,48+,55?/m0/s1. The van der Waals surface area contributed by atoms with Gasteiger partial charge in [0, 0.05) is 74.6 Å². The van der Waals surface area contributed by atoms with Crippen LogP contribution in [0.15, 0.2) is 67.0 Å². The molecule has 10 rings (SSSR count). The molecule has 0 radical (unpaired) electrons. The number of phenols is 1. The number of para-hydroxylation sites is 1. The number of hydrogen-bond acceptors (Lipinski definition) is 13. The van der Waals surface area contributed by atoms with Crippen LogP contribution in [0, 0.1) is 29.1 Å². The number of nitrogens with zero attached hydrogens (tertiary/aromatic N) is 8. The van der Waals surface area contributed by atoms with Crippen molar-refractivity contribution in [3.8, 4) is 29.4 Å². The number of likely N-dealkylation sites (tertiary alicyclic amines) is 2. The number of hydrogen-bond donors (Lipinski definition) is 5. The molecule has 2 saturated carbocycles. The van der Waals surface area contributed by atoms with Crippen molar-refractivity contribution >= 4 is 35.2 Å². The van der Waals surface area contributed by atoms with Crippen molar-refractivity contribution in [1.29, 1.82) is 0 Å². The van der Waals surface area contributed by atoms with Crippen molar-refractivity contribution in [3.63, 3.8) is 0 Å². The van der Waals surface area contributed by atoms with Crippen LogP contribution >= 0.6 is 0 Å². The van der Waals surface area contributed by atoms with Crippen LogP contribution in [0.3, 0.4) is 0 Å². The number of carbonyl (C=O) groups excluding carboxylic acids is 3. The predicted molar refractivity (Wildman–Crippen MR) is 272 cm³/mol. The fourth-order valence-electron chi connectivity index (χ4n) is 12.3. The van der Waals surface area contributed by atoms with Crippen molar-refractivity contribution in [2.75, 3.05) is 60.9 Å². The first-order valence-electron chi connectivity index (χ1n) is 25.8. The van der Waals surface area contributed by atoms with Crippen molar-refractivity contribution in [2.24, 2.45) is 16.7 Å². The third-order valence-corrected chi connectivity index (χ3v) is 16.7. The molecular weight excluding hydrogens is 895 g/mol. The molecule has 16 heteroatoms. The van der Waals surface area contributed by atoms with Gasteiger partial charge in [-0.3, -0.25) is 14.4 Å². The van der Waals surface area contributed by atoms with Crippen LogP contribution in [0.5, 0.6) is 5.75 Å². The molecule has 5 atom stereocenters. The van der Waals surface area contributed by atoms with Gasteiger partial charge in [-0.15, -0.1) is 16.6 Å². The van der Waals surface area contributed by atoms with E-state index in [4.69, 9.17) is 16.4 Å². The lowest BCUT2D eigenvalue weighted by atomic mass is 9.56. The minimum Gasteiger partial charge on any atom is -0.507 e. The zero-order chi connectivity index (χ0) is 49.6. The van der Waals surface area contributed by atoms with Crippen molar-refractivity contribution in [1.82, 2.24) is 40.6 Å². The summed E-state index contributed by atoms with van der Waals surface area (Å²) in [7, 11) is 0. The maximum absolute atomic E-state index is 14.3. The highest BCUT2D eigenvalue weighted by Crippen LogP contribution is 2.55. The van der Waals surface area contributed by atoms with E-state index in [0.29, 0.717) is 23.2 Å². The van der Waals surface area contributed by atoms with Gasteiger partial charge in [-0.25, -0.2) is 9.97 Å². The van der Waals surface area contributed by atoms with E-state index >= 15 is 0 Å². The maximum Gasteiger partial charge on any atom is 0.246 e. The molecule has 4 aromatic rings. The van der Waals surface area contributed by atoms with E-state index in [2.05, 4.69) is 46.8 Å². The third-order valence-electron chi connectivity index (χ3n) is 16.7. The number of rotatable bonds is 10. The lowest BCUT2D eigenvalue weighted by Crippen LogP contribution is -2.59. The number of piperidine rings is 1. The van der Waals surface area contributed by atoms with Crippen LogP contribution in [0.2, 0.25) is 0 Å². The van der Waals surface area contributed by atoms with Crippen LogP contribution in [0.1, 0.15) is 114 Å². The minimum absolute atomic E-state index is 0.0361. The molecule has 5 fully saturated rings. The van der Waals surface area contributed by atoms with Gasteiger partial charge in [0.05, 0.1) is 29.6 Å². The monoisotopic (exact) mass is 964 g/mol. The summed E-state index contributed by atoms with van der Waals surface area (Å²) < 4.78 is 0. The zero-order valence-electron chi connectivity index (χ0n) is 41.6. The van der Waals surface area contributed by atoms with E-state index in [1.165, 1.54) is 23.3 Å². The number of piperazine rings is 1. The number of aliphatic hydroxyl groups is 1. The van der Waals surface area contributed by atoms with E-state index in [9.17, 15) is 24.6 Å². The summed E-state index contributed by atoms with van der Waals surface area (Å²) in [4.78, 5) is 60.5. The average molecular weight is 964 g/mol. The molecule has 1 spiro atoms. The largest absolute Gasteiger partial charge is 0.507 e. The molecule has 0 bridgehead atoms. The molecule has 0 unspecified atom stereocenters. The fraction of sp³-hybridized carbons (Fsp3) is 0.545. The quantitative estimate of drug-likeness (QED) is 0.123. The van der Waals surface area contributed by atoms with Gasteiger partial charge in [0.25, 0.3) is 0 Å². The third kappa shape index (κ3) is 10.00. The summed E-state index contributed by atoms with van der Waals surface area (Å²) in [5, 5.41) is 39.6. The first-order chi connectivity index (χ1) is 34.1. The molecule has 2 aromatic carbocycles. The van der Waals surface area contributed by atoms with Crippen molar-refractivity contribution in [3.05, 3.63) is 83.7 Å². The van der Waals surface area contributed by atoms with Crippen LogP contribution in [0.4, 0.5) is 17.5 Å². The Labute approximate surface area is 417 Å². The Kier molecular flexibility index (Phi) is 13.4. The Balaban J connectivity index is 0.670. The molecule has 3 saturated heterocycles. The van der Waals surface area contributed by atoms with Crippen molar-refractivity contribution < 1.29 is 24.6 Å². The molecule has 6 heterocycles. The number of aromatic nitrogens is 4. The number of anilines is 3. The summed E-state index contributed by atoms with van der Waals surface area (Å²) >= 11 is 0. The van der Waals surface area contributed by atoms with E-state index in [0.717, 1.165) is 106 Å². The number of benzene rings is 2. The Morgan fingerprint density at radius 1 is 0.887 bits per heavy atom. The number of carbonyl (C=O) groups is 3. The number of β-amino-alcohol motifs (C(OH)–C–C–N with tert-alkyl or cyclic N) is 1. The number of nitrogens with one attached hydrogen (secondary N) is 3. The van der Waals surface area contributed by atoms with Gasteiger partial charge in [0.2, 0.25) is 23.7 Å². The second-order valence-corrected chi connectivity index (χ2v) is 22.3. The molecule has 6 aliphatic rings. The SMILES string of the molecule is C#Cc1ccc([C@H](C)NC(=O)[C@@H]2C[C@@H](O)CN2C(=O)[C@@H](NC(=O)[C@H]2CCC3(CC2)C[C@H](N2CCC(c4cnc(N5CCN6c7cc(-c8ccccc8O)nnc7NC[C@H]6C5)nc4)CC2)C3)C(C)(C)C)cc1. The first-order valence-corrected chi connectivity index (χ1v) is 25.8. The maximum atomic E-state index is 14.3. The second-order valence-electron chi connectivity index (χ2n) is 22.3. The number of terminal acetylenes is 1. The summed E-state index contributed by atoms with van der Waals surface area (Å²) in [5.41, 5.74) is 4.81. The second kappa shape index (κ2) is 19.7. The molecule has 4 aliphatic heterocycles. The zero-order valence-corrected chi connectivity index (χ0v) is 41.6. The van der Waals surface area contributed by atoms with Crippen LogP contribution in [-0.4, -0.2) is 134 Å². The molecule has 374 valence electrons. The predicted octanol–water partition coefficient (Wildman–Crippen LogP) is 5.63. The van der Waals surface area contributed by atoms with Crippen LogP contribution < -0.4 is 25.8 Å². The molecule has 2 aromatic heterocycles. The molecule has 5 N–H and O–H groups in total. The molecular formula is C55H69N11O5. The first kappa shape index (κ1) is 48.3. The Morgan fingerprint density at radius 2 is 1.61 bits per heavy atom. The number of aliphatic hydroxyl groups excluding tert-OH is 1. The van der Waals surface area contributed by atoms with Crippen LogP contribution in [-0.2, 0) is 14.4 Å². The summed E-state index contributed by atoms with van der Waals surface area (Å²) in [6, 6.07) is 15.4. The van der Waals surface area contributed by atoms with E-state index in [1.807, 2.05) is 82.6 Å². The highest BCUT2D eigenvalue weighted by molar-refractivity contribution is 5.93. The smallest absolute Gasteiger partial charge is 0.246 e. The van der Waals surface area contributed by atoms with Gasteiger partial charge < -0.3 is 45.8 Å². The van der Waals surface area contributed by atoms with E-state index in [-0.39, 0.29) is 59.9 Å². The van der Waals surface area contributed by atoms with Gasteiger partial charge >= 0.3 is 0 Å². The van der Waals surface area contributed by atoms with E-state index < -0.39 is 23.6 Å². The van der Waals surface area contributed by atoms with Crippen molar-refractivity contribution in [2.45, 2.75) is 128 Å². The molecule has 16 nitrogen and oxygen atoms in total. The number of amides is 3. The topological polar surface area (TPSA) is 192 Å². The van der Waals surface area contributed by atoms with Crippen LogP contribution in [0.25, 0.3) is 11.3 Å². The lowest BCUT2D eigenvalue weighted by molar-refractivity contribution is -0.145. The normalized spacial score (nSPS) is 26.5. The fourth-order valence-corrected chi connectivity index (χ4v) is 12.3. The number of fused-ring (bicyclic) bond motifs is 3. The molecule has 71 heavy (non-hydrogen) atoms.